The van der Waals surface area contributed by atoms with Crippen LogP contribution in [-0.2, 0) is 10.0 Å². The van der Waals surface area contributed by atoms with Crippen molar-refractivity contribution in [3.63, 3.8) is 0 Å². The third-order valence-corrected chi connectivity index (χ3v) is 13.6. The molecule has 0 saturated heterocycles. The maximum absolute atomic E-state index is 12.8. The Hall–Kier alpha value is -1.36. The van der Waals surface area contributed by atoms with Gasteiger partial charge in [-0.05, 0) is 129 Å². The van der Waals surface area contributed by atoms with Gasteiger partial charge in [-0.1, -0.05) is 71.6 Å². The molecule has 0 unspecified atom stereocenters. The molecule has 5 rings (SSSR count). The van der Waals surface area contributed by atoms with Gasteiger partial charge < -0.3 is 0 Å². The Kier molecular flexibility index (Phi) is 8.32. The normalized spacial score (nSPS) is 38.2. The summed E-state index contributed by atoms with van der Waals surface area (Å²) in [6, 6.07) is 6.99. The minimum Gasteiger partial charge on any atom is -0.200 e. The molecule has 0 aliphatic heterocycles. The lowest BCUT2D eigenvalue weighted by Gasteiger charge is -2.61. The standard InChI is InChI=1S/C34H54N2O2S/c1-23(2)8-7-9-25(4)30-16-17-31-29-15-12-26-22-27(18-20-33(26,5)32(29)19-21-34(30,31)6)35-36-39(37,38)28-13-10-24(3)11-14-28/h10-11,13-14,23,25-26,29-32,36H,7-9,12,15-22H2,1-6H3/b35-27-/t25-,26-,29+,30-,31+,32+,33+,34-/m1/s1. The number of hydrazone groups is 1. The molecule has 0 amide bonds. The summed E-state index contributed by atoms with van der Waals surface area (Å²) in [5, 5.41) is 4.49. The predicted molar refractivity (Wildman–Crippen MR) is 162 cm³/mol. The van der Waals surface area contributed by atoms with Crippen molar-refractivity contribution in [3.05, 3.63) is 29.8 Å². The van der Waals surface area contributed by atoms with Crippen LogP contribution in [0.3, 0.4) is 0 Å². The average molecular weight is 555 g/mol. The van der Waals surface area contributed by atoms with Gasteiger partial charge in [-0.3, -0.25) is 0 Å². The first kappa shape index (κ1) is 29.1. The summed E-state index contributed by atoms with van der Waals surface area (Å²) in [6.45, 7) is 14.5. The minimum atomic E-state index is -3.62. The van der Waals surface area contributed by atoms with E-state index in [0.717, 1.165) is 66.0 Å². The van der Waals surface area contributed by atoms with Crippen LogP contribution in [0.15, 0.2) is 34.3 Å². The van der Waals surface area contributed by atoms with Gasteiger partial charge in [-0.25, -0.2) is 4.83 Å². The summed E-state index contributed by atoms with van der Waals surface area (Å²) in [5.41, 5.74) is 3.01. The van der Waals surface area contributed by atoms with Crippen molar-refractivity contribution >= 4 is 15.7 Å². The Bertz CT molecular complexity index is 1140. The Labute approximate surface area is 239 Å². The van der Waals surface area contributed by atoms with Gasteiger partial charge >= 0.3 is 0 Å². The summed E-state index contributed by atoms with van der Waals surface area (Å²) < 4.78 is 25.6. The topological polar surface area (TPSA) is 58.5 Å². The zero-order valence-electron chi connectivity index (χ0n) is 25.5. The van der Waals surface area contributed by atoms with Crippen LogP contribution < -0.4 is 4.83 Å². The first-order valence-electron chi connectivity index (χ1n) is 16.1. The van der Waals surface area contributed by atoms with E-state index in [9.17, 15) is 8.42 Å². The van der Waals surface area contributed by atoms with Gasteiger partial charge in [0.05, 0.1) is 4.90 Å². The molecule has 4 aliphatic rings. The van der Waals surface area contributed by atoms with E-state index >= 15 is 0 Å². The average Bonchev–Trinajstić information content (AvgIpc) is 3.25. The van der Waals surface area contributed by atoms with Gasteiger partial charge in [0.1, 0.15) is 0 Å². The van der Waals surface area contributed by atoms with Gasteiger partial charge in [-0.15, -0.1) is 0 Å². The van der Waals surface area contributed by atoms with Crippen LogP contribution in [0, 0.1) is 59.2 Å². The van der Waals surface area contributed by atoms with Gasteiger partial charge in [-0.2, -0.15) is 13.5 Å². The molecule has 1 aromatic carbocycles. The fraction of sp³-hybridized carbons (Fsp3) is 0.794. The molecule has 0 heterocycles. The fourth-order valence-corrected chi connectivity index (χ4v) is 10.9. The number of hydrogen-bond donors (Lipinski definition) is 1. The third-order valence-electron chi connectivity index (χ3n) is 12.4. The van der Waals surface area contributed by atoms with Crippen LogP contribution in [0.1, 0.15) is 117 Å². The highest BCUT2D eigenvalue weighted by atomic mass is 32.2. The van der Waals surface area contributed by atoms with Crippen LogP contribution in [0.25, 0.3) is 0 Å². The van der Waals surface area contributed by atoms with E-state index in [1.54, 1.807) is 12.1 Å². The lowest BCUT2D eigenvalue weighted by Crippen LogP contribution is -2.53. The first-order chi connectivity index (χ1) is 18.4. The zero-order valence-corrected chi connectivity index (χ0v) is 26.3. The van der Waals surface area contributed by atoms with Crippen LogP contribution in [-0.4, -0.2) is 14.1 Å². The van der Waals surface area contributed by atoms with E-state index in [4.69, 9.17) is 0 Å². The number of fused-ring (bicyclic) bond motifs is 5. The Morgan fingerprint density at radius 1 is 0.923 bits per heavy atom. The molecule has 4 saturated carbocycles. The molecule has 218 valence electrons. The smallest absolute Gasteiger partial charge is 0.200 e. The molecule has 4 nitrogen and oxygen atoms in total. The van der Waals surface area contributed by atoms with Gasteiger partial charge in [0, 0.05) is 5.71 Å². The third kappa shape index (κ3) is 5.60. The van der Waals surface area contributed by atoms with E-state index in [2.05, 4.69) is 44.6 Å². The largest absolute Gasteiger partial charge is 0.276 e. The maximum Gasteiger partial charge on any atom is 0.276 e. The lowest BCUT2D eigenvalue weighted by molar-refractivity contribution is -0.105. The highest BCUT2D eigenvalue weighted by Gasteiger charge is 2.60. The molecule has 0 radical (unpaired) electrons. The predicted octanol–water partition coefficient (Wildman–Crippen LogP) is 8.75. The molecule has 0 spiro atoms. The molecule has 5 heteroatoms. The molecule has 1 aromatic rings. The van der Waals surface area contributed by atoms with Crippen molar-refractivity contribution in [2.75, 3.05) is 0 Å². The molecule has 1 N–H and O–H groups in total. The number of hydrogen-bond acceptors (Lipinski definition) is 3. The molecule has 4 fully saturated rings. The summed E-state index contributed by atoms with van der Waals surface area (Å²) in [6.07, 6.45) is 15.6. The van der Waals surface area contributed by atoms with E-state index < -0.39 is 10.0 Å². The Balaban J connectivity index is 1.23. The summed E-state index contributed by atoms with van der Waals surface area (Å²) in [4.78, 5) is 2.85. The number of nitrogens with one attached hydrogen (secondary N) is 1. The summed E-state index contributed by atoms with van der Waals surface area (Å²) in [5.74, 6) is 5.85. The second-order valence-corrected chi connectivity index (χ2v) is 16.6. The monoisotopic (exact) mass is 554 g/mol. The molecule has 39 heavy (non-hydrogen) atoms. The lowest BCUT2D eigenvalue weighted by atomic mass is 9.44. The van der Waals surface area contributed by atoms with E-state index in [0.29, 0.717) is 16.7 Å². The van der Waals surface area contributed by atoms with E-state index in [-0.39, 0.29) is 4.90 Å². The van der Waals surface area contributed by atoms with Crippen LogP contribution in [0.5, 0.6) is 0 Å². The number of rotatable bonds is 8. The fourth-order valence-electron chi connectivity index (χ4n) is 10.1. The summed E-state index contributed by atoms with van der Waals surface area (Å²) in [7, 11) is -3.62. The van der Waals surface area contributed by atoms with Crippen LogP contribution >= 0.6 is 0 Å². The van der Waals surface area contributed by atoms with Crippen molar-refractivity contribution in [1.82, 2.24) is 4.83 Å². The number of sulfonamides is 1. The van der Waals surface area contributed by atoms with Crippen molar-refractivity contribution in [1.29, 1.82) is 0 Å². The molecule has 8 atom stereocenters. The maximum atomic E-state index is 12.8. The second-order valence-electron chi connectivity index (χ2n) is 15.0. The first-order valence-corrected chi connectivity index (χ1v) is 17.6. The molecular weight excluding hydrogens is 500 g/mol. The van der Waals surface area contributed by atoms with Crippen molar-refractivity contribution in [2.45, 2.75) is 123 Å². The van der Waals surface area contributed by atoms with Crippen molar-refractivity contribution < 1.29 is 8.42 Å². The quantitative estimate of drug-likeness (QED) is 0.327. The van der Waals surface area contributed by atoms with Gasteiger partial charge in [0.15, 0.2) is 0 Å². The second kappa shape index (κ2) is 11.1. The molecule has 4 aliphatic carbocycles. The van der Waals surface area contributed by atoms with Crippen LogP contribution in [0.4, 0.5) is 0 Å². The Morgan fingerprint density at radius 3 is 2.36 bits per heavy atom. The molecule has 0 aromatic heterocycles. The van der Waals surface area contributed by atoms with Crippen molar-refractivity contribution in [2.24, 2.45) is 57.4 Å². The highest BCUT2D eigenvalue weighted by Crippen LogP contribution is 2.68. The minimum absolute atomic E-state index is 0.285. The van der Waals surface area contributed by atoms with Crippen molar-refractivity contribution in [3.8, 4) is 0 Å². The SMILES string of the molecule is Cc1ccc(S(=O)(=O)N/N=C2/CC[C@@]3(C)[C@H](CC[C@@H]4[C@@H]3CC[C@]3(C)[C@@H]([C@H](C)CCCC(C)C)CC[C@@H]43)C2)cc1. The number of nitrogens with zero attached hydrogens (tertiary/aromatic N) is 1. The van der Waals surface area contributed by atoms with E-state index in [1.807, 2.05) is 19.1 Å². The Morgan fingerprint density at radius 2 is 1.64 bits per heavy atom. The van der Waals surface area contributed by atoms with Crippen LogP contribution in [0.2, 0.25) is 0 Å². The zero-order chi connectivity index (χ0) is 28.0. The summed E-state index contributed by atoms with van der Waals surface area (Å²) >= 11 is 0. The van der Waals surface area contributed by atoms with Gasteiger partial charge in [0.2, 0.25) is 0 Å². The number of benzene rings is 1. The number of aryl methyl sites for hydroxylation is 1. The van der Waals surface area contributed by atoms with Gasteiger partial charge in [0.25, 0.3) is 10.0 Å². The van der Waals surface area contributed by atoms with E-state index in [1.165, 1.54) is 57.8 Å². The molecular formula is C34H54N2O2S. The molecule has 0 bridgehead atoms. The highest BCUT2D eigenvalue weighted by molar-refractivity contribution is 7.89.